The van der Waals surface area contributed by atoms with Crippen molar-refractivity contribution in [3.8, 4) is 6.07 Å². The number of alkyl halides is 2. The fourth-order valence-electron chi connectivity index (χ4n) is 4.74. The molecule has 3 aliphatic heterocycles. The molecule has 5 heterocycles. The Labute approximate surface area is 204 Å². The van der Waals surface area contributed by atoms with Crippen LogP contribution < -0.4 is 4.90 Å². The first-order valence-electron chi connectivity index (χ1n) is 10.7. The largest absolute Gasteiger partial charge is 0.363 e. The van der Waals surface area contributed by atoms with Gasteiger partial charge in [0.05, 0.1) is 36.7 Å². The summed E-state index contributed by atoms with van der Waals surface area (Å²) in [5.41, 5.74) is 0.393. The van der Waals surface area contributed by atoms with Crippen LogP contribution in [0.4, 0.5) is 14.5 Å². The van der Waals surface area contributed by atoms with E-state index < -0.39 is 52.9 Å². The maximum Gasteiger partial charge on any atom is 0.266 e. The molecule has 0 amide bonds. The van der Waals surface area contributed by atoms with Gasteiger partial charge in [-0.1, -0.05) is 11.6 Å². The van der Waals surface area contributed by atoms with E-state index in [0.717, 1.165) is 6.26 Å². The number of hydrogen-bond acceptors (Lipinski definition) is 10. The van der Waals surface area contributed by atoms with E-state index in [1.165, 1.54) is 15.8 Å². The average Bonchev–Trinajstić information content (AvgIpc) is 3.46. The third-order valence-electron chi connectivity index (χ3n) is 6.08. The van der Waals surface area contributed by atoms with Crippen LogP contribution in [0.15, 0.2) is 6.20 Å². The number of aromatic nitrogens is 3. The number of anilines is 1. The Morgan fingerprint density at radius 3 is 2.69 bits per heavy atom. The number of hydrogen-bond donors (Lipinski definition) is 0. The molecule has 3 fully saturated rings. The second-order valence-electron chi connectivity index (χ2n) is 9.21. The SMILES string of the molecule is CC1(C)O[C@@H]2[C@H](O1)[C@@H](COS(C)(=O)=O)O[C@H]2n1ncc2c(N3CCC(F)(F)C3)c(C#N)c(Cl)nc21. The third kappa shape index (κ3) is 4.45. The van der Waals surface area contributed by atoms with Crippen LogP contribution in [-0.2, 0) is 28.5 Å². The summed E-state index contributed by atoms with van der Waals surface area (Å²) in [4.78, 5) is 5.71. The van der Waals surface area contributed by atoms with E-state index >= 15 is 0 Å². The maximum atomic E-state index is 14.0. The summed E-state index contributed by atoms with van der Waals surface area (Å²) in [5.74, 6) is -3.89. The highest BCUT2D eigenvalue weighted by Crippen LogP contribution is 2.45. The number of rotatable bonds is 5. The van der Waals surface area contributed by atoms with Crippen LogP contribution in [0.2, 0.25) is 5.15 Å². The minimum atomic E-state index is -3.74. The van der Waals surface area contributed by atoms with Gasteiger partial charge in [-0.15, -0.1) is 0 Å². The van der Waals surface area contributed by atoms with Crippen molar-refractivity contribution in [2.45, 2.75) is 56.5 Å². The zero-order valence-electron chi connectivity index (χ0n) is 18.9. The molecule has 3 saturated heterocycles. The van der Waals surface area contributed by atoms with Crippen molar-refractivity contribution in [3.05, 3.63) is 16.9 Å². The molecule has 0 N–H and O–H groups in total. The van der Waals surface area contributed by atoms with E-state index in [1.807, 2.05) is 6.07 Å². The van der Waals surface area contributed by atoms with Crippen molar-refractivity contribution in [1.82, 2.24) is 14.8 Å². The van der Waals surface area contributed by atoms with Gasteiger partial charge in [-0.3, -0.25) is 4.18 Å². The first kappa shape index (κ1) is 24.5. The van der Waals surface area contributed by atoms with Crippen molar-refractivity contribution in [3.63, 3.8) is 0 Å². The van der Waals surface area contributed by atoms with Gasteiger partial charge in [-0.2, -0.15) is 18.8 Å². The number of ether oxygens (including phenoxy) is 3. The smallest absolute Gasteiger partial charge is 0.266 e. The fraction of sp³-hybridized carbons (Fsp3) is 0.650. The number of nitriles is 1. The first-order chi connectivity index (χ1) is 16.3. The van der Waals surface area contributed by atoms with E-state index in [2.05, 4.69) is 10.1 Å². The number of nitrogens with zero attached hydrogens (tertiary/aromatic N) is 5. The number of halogens is 3. The van der Waals surface area contributed by atoms with Gasteiger partial charge in [0.1, 0.15) is 29.9 Å². The normalized spacial score (nSPS) is 29.6. The molecule has 0 unspecified atom stereocenters. The van der Waals surface area contributed by atoms with Crippen molar-refractivity contribution in [2.24, 2.45) is 0 Å². The molecule has 4 atom stereocenters. The first-order valence-corrected chi connectivity index (χ1v) is 12.9. The van der Waals surface area contributed by atoms with E-state index in [-0.39, 0.29) is 41.6 Å². The molecule has 0 saturated carbocycles. The minimum Gasteiger partial charge on any atom is -0.363 e. The van der Waals surface area contributed by atoms with Crippen molar-refractivity contribution < 1.29 is 35.6 Å². The molecular weight excluding hydrogens is 512 g/mol. The summed E-state index contributed by atoms with van der Waals surface area (Å²) >= 11 is 6.31. The van der Waals surface area contributed by atoms with Gasteiger partial charge in [0.25, 0.3) is 16.0 Å². The number of pyridine rings is 1. The number of fused-ring (bicyclic) bond motifs is 2. The van der Waals surface area contributed by atoms with Gasteiger partial charge in [0.15, 0.2) is 22.8 Å². The quantitative estimate of drug-likeness (QED) is 0.416. The lowest BCUT2D eigenvalue weighted by atomic mass is 10.1. The highest BCUT2D eigenvalue weighted by atomic mass is 35.5. The predicted octanol–water partition coefficient (Wildman–Crippen LogP) is 2.20. The van der Waals surface area contributed by atoms with Crippen molar-refractivity contribution in [2.75, 3.05) is 30.9 Å². The van der Waals surface area contributed by atoms with Crippen LogP contribution in [0.1, 0.15) is 32.1 Å². The van der Waals surface area contributed by atoms with Crippen molar-refractivity contribution >= 4 is 38.4 Å². The summed E-state index contributed by atoms with van der Waals surface area (Å²) in [6.07, 6.45) is -1.15. The van der Waals surface area contributed by atoms with Gasteiger partial charge >= 0.3 is 0 Å². The Balaban J connectivity index is 1.56. The summed E-state index contributed by atoms with van der Waals surface area (Å²) in [6.45, 7) is 2.57. The predicted molar refractivity (Wildman–Crippen MR) is 118 cm³/mol. The molecule has 0 aromatic carbocycles. The molecule has 0 aliphatic carbocycles. The summed E-state index contributed by atoms with van der Waals surface area (Å²) in [7, 11) is -3.74. The molecule has 11 nitrogen and oxygen atoms in total. The van der Waals surface area contributed by atoms with Crippen LogP contribution in [-0.4, -0.2) is 79.2 Å². The van der Waals surface area contributed by atoms with Gasteiger partial charge < -0.3 is 19.1 Å². The maximum absolute atomic E-state index is 14.0. The zero-order valence-corrected chi connectivity index (χ0v) is 20.5. The molecule has 190 valence electrons. The van der Waals surface area contributed by atoms with Crippen LogP contribution in [0, 0.1) is 11.3 Å². The molecule has 15 heteroatoms. The third-order valence-corrected chi connectivity index (χ3v) is 6.92. The second-order valence-corrected chi connectivity index (χ2v) is 11.2. The molecule has 2 aromatic rings. The summed E-state index contributed by atoms with van der Waals surface area (Å²) < 4.78 is 75.3. The summed E-state index contributed by atoms with van der Waals surface area (Å²) in [6, 6.07) is 1.96. The van der Waals surface area contributed by atoms with Gasteiger partial charge in [-0.25, -0.2) is 18.4 Å². The zero-order chi connectivity index (χ0) is 25.3. The van der Waals surface area contributed by atoms with Gasteiger partial charge in [0, 0.05) is 13.0 Å². The minimum absolute atomic E-state index is 0.0253. The van der Waals surface area contributed by atoms with E-state index in [9.17, 15) is 22.5 Å². The highest BCUT2D eigenvalue weighted by Gasteiger charge is 2.57. The lowest BCUT2D eigenvalue weighted by molar-refractivity contribution is -0.200. The molecule has 0 bridgehead atoms. The van der Waals surface area contributed by atoms with Crippen LogP contribution in [0.25, 0.3) is 11.0 Å². The van der Waals surface area contributed by atoms with Crippen LogP contribution >= 0.6 is 11.6 Å². The van der Waals surface area contributed by atoms with Gasteiger partial charge in [-0.05, 0) is 13.8 Å². The Bertz CT molecular complexity index is 1330. The molecule has 0 radical (unpaired) electrons. The highest BCUT2D eigenvalue weighted by molar-refractivity contribution is 7.85. The van der Waals surface area contributed by atoms with E-state index in [4.69, 9.17) is 30.0 Å². The molecule has 2 aromatic heterocycles. The summed E-state index contributed by atoms with van der Waals surface area (Å²) in [5, 5.41) is 14.2. The van der Waals surface area contributed by atoms with Gasteiger partial charge in [0.2, 0.25) is 0 Å². The standard InChI is InChI=1S/C20H22ClF2N5O6S/c1-19(2)33-14-12(8-31-35(3,29)30)32-18(15(14)34-19)28-17-11(7-25-28)13(10(6-24)16(21)26-17)27-5-4-20(22,23)9-27/h7,12,14-15,18H,4-5,8-9H2,1-3H3/t12-,14-,15-,18-/m1/s1. The molecule has 5 rings (SSSR count). The Morgan fingerprint density at radius 1 is 1.34 bits per heavy atom. The van der Waals surface area contributed by atoms with Crippen LogP contribution in [0.3, 0.4) is 0 Å². The monoisotopic (exact) mass is 533 g/mol. The van der Waals surface area contributed by atoms with E-state index in [0.29, 0.717) is 5.39 Å². The van der Waals surface area contributed by atoms with Crippen molar-refractivity contribution in [1.29, 1.82) is 5.26 Å². The lowest BCUT2D eigenvalue weighted by Crippen LogP contribution is -2.33. The Morgan fingerprint density at radius 2 is 2.06 bits per heavy atom. The second kappa shape index (κ2) is 8.19. The average molecular weight is 534 g/mol. The Kier molecular flexibility index (Phi) is 5.74. The topological polar surface area (TPSA) is 129 Å². The van der Waals surface area contributed by atoms with E-state index in [1.54, 1.807) is 13.8 Å². The molecular formula is C20H22ClF2N5O6S. The molecule has 35 heavy (non-hydrogen) atoms. The lowest BCUT2D eigenvalue weighted by Gasteiger charge is -2.24. The van der Waals surface area contributed by atoms with Crippen LogP contribution in [0.5, 0.6) is 0 Å². The Hall–Kier alpha value is -2.15. The molecule has 0 spiro atoms. The molecule has 3 aliphatic rings. The fourth-order valence-corrected chi connectivity index (χ4v) is 5.33.